The summed E-state index contributed by atoms with van der Waals surface area (Å²) in [6.07, 6.45) is 0. The highest BCUT2D eigenvalue weighted by atomic mass is 16.3. The molecular weight excluding hydrogens is 703 g/mol. The summed E-state index contributed by atoms with van der Waals surface area (Å²) in [5, 5.41) is 7.09. The molecule has 0 bridgehead atoms. The number of anilines is 3. The summed E-state index contributed by atoms with van der Waals surface area (Å²) in [5.74, 6) is 0. The van der Waals surface area contributed by atoms with Crippen LogP contribution in [0.5, 0.6) is 0 Å². The van der Waals surface area contributed by atoms with Gasteiger partial charge >= 0.3 is 0 Å². The van der Waals surface area contributed by atoms with E-state index in [4.69, 9.17) is 4.42 Å². The molecule has 0 atom stereocenters. The quantitative estimate of drug-likeness (QED) is 0.151. The van der Waals surface area contributed by atoms with Gasteiger partial charge in [-0.1, -0.05) is 176 Å². The fourth-order valence-corrected chi connectivity index (χ4v) is 8.66. The molecule has 0 saturated carbocycles. The molecule has 0 aliphatic rings. The van der Waals surface area contributed by atoms with Crippen molar-refractivity contribution in [1.82, 2.24) is 0 Å². The average Bonchev–Trinajstić information content (AvgIpc) is 3.71. The maximum absolute atomic E-state index is 6.95. The Bertz CT molecular complexity index is 3140. The third-order valence-corrected chi connectivity index (χ3v) is 11.5. The SMILES string of the molecule is c1ccc(-c2ccc(N(c3ccc(-c4ccccc4)cc3)c3ccc(-c4cc(-c5ccccc5)c5c(c4)oc4c6ccccc6c6ccccc6c45)cc3)cc2)cc1. The monoisotopic (exact) mass is 739 g/mol. The number of furan rings is 1. The zero-order valence-electron chi connectivity index (χ0n) is 31.7. The van der Waals surface area contributed by atoms with E-state index in [-0.39, 0.29) is 0 Å². The van der Waals surface area contributed by atoms with Crippen molar-refractivity contribution >= 4 is 60.5 Å². The third kappa shape index (κ3) is 5.82. The minimum absolute atomic E-state index is 0.885. The Balaban J connectivity index is 1.05. The first-order chi connectivity index (χ1) is 28.8. The molecule has 11 rings (SSSR count). The van der Waals surface area contributed by atoms with Crippen LogP contribution in [0.2, 0.25) is 0 Å². The first kappa shape index (κ1) is 33.6. The van der Waals surface area contributed by atoms with E-state index in [9.17, 15) is 0 Å². The normalized spacial score (nSPS) is 11.4. The van der Waals surface area contributed by atoms with Gasteiger partial charge in [-0.05, 0) is 109 Å². The second kappa shape index (κ2) is 14.1. The topological polar surface area (TPSA) is 16.4 Å². The lowest BCUT2D eigenvalue weighted by atomic mass is 9.91. The van der Waals surface area contributed by atoms with Gasteiger partial charge in [0.05, 0.1) is 0 Å². The molecule has 1 aromatic heterocycles. The van der Waals surface area contributed by atoms with Gasteiger partial charge in [0.1, 0.15) is 11.2 Å². The fourth-order valence-electron chi connectivity index (χ4n) is 8.66. The number of nitrogens with zero attached hydrogens (tertiary/aromatic N) is 1. The van der Waals surface area contributed by atoms with Crippen LogP contribution in [-0.4, -0.2) is 0 Å². The number of rotatable bonds is 7. The lowest BCUT2D eigenvalue weighted by Gasteiger charge is -2.26. The molecule has 58 heavy (non-hydrogen) atoms. The Morgan fingerprint density at radius 2 is 0.655 bits per heavy atom. The molecule has 1 heterocycles. The van der Waals surface area contributed by atoms with Gasteiger partial charge in [0, 0.05) is 33.2 Å². The highest BCUT2D eigenvalue weighted by molar-refractivity contribution is 6.32. The first-order valence-electron chi connectivity index (χ1n) is 19.8. The van der Waals surface area contributed by atoms with Gasteiger partial charge in [-0.2, -0.15) is 0 Å². The van der Waals surface area contributed by atoms with Gasteiger partial charge in [-0.15, -0.1) is 0 Å². The molecule has 10 aromatic carbocycles. The molecule has 0 radical (unpaired) electrons. The summed E-state index contributed by atoms with van der Waals surface area (Å²) in [6, 6.07) is 80.4. The van der Waals surface area contributed by atoms with E-state index < -0.39 is 0 Å². The van der Waals surface area contributed by atoms with Crippen LogP contribution in [0, 0.1) is 0 Å². The number of fused-ring (bicyclic) bond motifs is 8. The lowest BCUT2D eigenvalue weighted by Crippen LogP contribution is -2.09. The van der Waals surface area contributed by atoms with Crippen LogP contribution in [0.25, 0.3) is 88.0 Å². The maximum Gasteiger partial charge on any atom is 0.143 e. The summed E-state index contributed by atoms with van der Waals surface area (Å²) in [4.78, 5) is 2.33. The molecule has 0 saturated heterocycles. The van der Waals surface area contributed by atoms with Gasteiger partial charge in [0.15, 0.2) is 0 Å². The summed E-state index contributed by atoms with van der Waals surface area (Å²) < 4.78 is 6.95. The van der Waals surface area contributed by atoms with Crippen LogP contribution in [-0.2, 0) is 0 Å². The molecule has 0 spiro atoms. The molecule has 0 N–H and O–H groups in total. The van der Waals surface area contributed by atoms with E-state index in [1.807, 2.05) is 0 Å². The molecule has 11 aromatic rings. The lowest BCUT2D eigenvalue weighted by molar-refractivity contribution is 0.673. The van der Waals surface area contributed by atoms with Gasteiger partial charge in [0.2, 0.25) is 0 Å². The minimum atomic E-state index is 0.885. The molecule has 0 amide bonds. The van der Waals surface area contributed by atoms with Crippen LogP contribution in [0.3, 0.4) is 0 Å². The zero-order chi connectivity index (χ0) is 38.4. The Hall–Kier alpha value is -7.68. The van der Waals surface area contributed by atoms with Crippen LogP contribution in [0.4, 0.5) is 17.1 Å². The highest BCUT2D eigenvalue weighted by Gasteiger charge is 2.21. The molecule has 0 fully saturated rings. The highest BCUT2D eigenvalue weighted by Crippen LogP contribution is 2.46. The summed E-state index contributed by atoms with van der Waals surface area (Å²) in [5.41, 5.74) is 14.4. The summed E-state index contributed by atoms with van der Waals surface area (Å²) in [6.45, 7) is 0. The summed E-state index contributed by atoms with van der Waals surface area (Å²) in [7, 11) is 0. The molecule has 0 aliphatic heterocycles. The van der Waals surface area contributed by atoms with Gasteiger partial charge < -0.3 is 9.32 Å². The van der Waals surface area contributed by atoms with Crippen molar-refractivity contribution in [1.29, 1.82) is 0 Å². The van der Waals surface area contributed by atoms with E-state index in [1.165, 1.54) is 38.4 Å². The van der Waals surface area contributed by atoms with Crippen LogP contribution >= 0.6 is 0 Å². The van der Waals surface area contributed by atoms with Crippen molar-refractivity contribution in [2.24, 2.45) is 0 Å². The fraction of sp³-hybridized carbons (Fsp3) is 0. The molecule has 2 nitrogen and oxygen atoms in total. The molecule has 272 valence electrons. The van der Waals surface area contributed by atoms with E-state index >= 15 is 0 Å². The smallest absolute Gasteiger partial charge is 0.143 e. The molecular formula is C56H37NO. The number of hydrogen-bond acceptors (Lipinski definition) is 2. The molecule has 0 unspecified atom stereocenters. The first-order valence-corrected chi connectivity index (χ1v) is 19.8. The van der Waals surface area contributed by atoms with Crippen LogP contribution < -0.4 is 4.90 Å². The van der Waals surface area contributed by atoms with Crippen LogP contribution in [0.15, 0.2) is 229 Å². The Labute approximate surface area is 337 Å². The van der Waals surface area contributed by atoms with E-state index in [1.54, 1.807) is 0 Å². The van der Waals surface area contributed by atoms with E-state index in [2.05, 4.69) is 229 Å². The Morgan fingerprint density at radius 3 is 1.16 bits per heavy atom. The predicted molar refractivity (Wildman–Crippen MR) is 245 cm³/mol. The van der Waals surface area contributed by atoms with Crippen molar-refractivity contribution in [3.8, 4) is 44.5 Å². The van der Waals surface area contributed by atoms with Crippen molar-refractivity contribution in [3.05, 3.63) is 224 Å². The van der Waals surface area contributed by atoms with Crippen molar-refractivity contribution in [3.63, 3.8) is 0 Å². The Morgan fingerprint density at radius 1 is 0.276 bits per heavy atom. The van der Waals surface area contributed by atoms with Gasteiger partial charge in [-0.3, -0.25) is 0 Å². The summed E-state index contributed by atoms with van der Waals surface area (Å²) >= 11 is 0. The van der Waals surface area contributed by atoms with Crippen molar-refractivity contribution < 1.29 is 4.42 Å². The molecule has 0 aliphatic carbocycles. The average molecular weight is 740 g/mol. The van der Waals surface area contributed by atoms with Crippen molar-refractivity contribution in [2.75, 3.05) is 4.90 Å². The second-order valence-corrected chi connectivity index (χ2v) is 14.9. The van der Waals surface area contributed by atoms with Gasteiger partial charge in [0.25, 0.3) is 0 Å². The standard InChI is InChI=1S/C56H37NO/c1-4-14-38(15-5-1)40-24-30-45(31-25-40)57(46-32-26-41(27-33-46)39-16-6-2-7-17-39)47-34-28-42(29-35-47)44-36-52(43-18-8-3-9-19-43)54-53(37-44)58-56-51-23-13-11-21-49(51)48-20-10-12-22-50(48)55(54)56/h1-37H. The maximum atomic E-state index is 6.95. The largest absolute Gasteiger partial charge is 0.455 e. The Kier molecular flexibility index (Phi) is 8.19. The zero-order valence-corrected chi connectivity index (χ0v) is 31.7. The minimum Gasteiger partial charge on any atom is -0.455 e. The molecule has 2 heteroatoms. The van der Waals surface area contributed by atoms with Crippen molar-refractivity contribution in [2.45, 2.75) is 0 Å². The van der Waals surface area contributed by atoms with Gasteiger partial charge in [-0.25, -0.2) is 0 Å². The number of benzene rings is 10. The predicted octanol–water partition coefficient (Wildman–Crippen LogP) is 16.0. The third-order valence-electron chi connectivity index (χ3n) is 11.5. The van der Waals surface area contributed by atoms with E-state index in [0.717, 1.165) is 66.6 Å². The second-order valence-electron chi connectivity index (χ2n) is 14.9. The number of hydrogen-bond donors (Lipinski definition) is 0. The van der Waals surface area contributed by atoms with Crippen LogP contribution in [0.1, 0.15) is 0 Å². The van der Waals surface area contributed by atoms with E-state index in [0.29, 0.717) is 0 Å².